The van der Waals surface area contributed by atoms with E-state index < -0.39 is 12.0 Å². The van der Waals surface area contributed by atoms with Gasteiger partial charge in [0.25, 0.3) is 0 Å². The van der Waals surface area contributed by atoms with Crippen LogP contribution in [0.15, 0.2) is 48.8 Å². The highest BCUT2D eigenvalue weighted by molar-refractivity contribution is 5.75. The molecule has 0 bridgehead atoms. The van der Waals surface area contributed by atoms with Crippen molar-refractivity contribution >= 4 is 5.97 Å². The lowest BCUT2D eigenvalue weighted by Gasteiger charge is -2.45. The van der Waals surface area contributed by atoms with Gasteiger partial charge in [-0.1, -0.05) is 24.3 Å². The lowest BCUT2D eigenvalue weighted by molar-refractivity contribution is -0.145. The zero-order chi connectivity index (χ0) is 17.3. The van der Waals surface area contributed by atoms with Crippen molar-refractivity contribution in [1.29, 1.82) is 0 Å². The maximum atomic E-state index is 11.8. The Labute approximate surface area is 147 Å². The van der Waals surface area contributed by atoms with E-state index in [1.54, 1.807) is 18.5 Å². The largest absolute Gasteiger partial charge is 0.487 e. The minimum Gasteiger partial charge on any atom is -0.487 e. The van der Waals surface area contributed by atoms with Crippen LogP contribution < -0.4 is 4.74 Å². The normalized spacial score (nSPS) is 20.5. The number of hydrogen-bond donors (Lipinski definition) is 1. The summed E-state index contributed by atoms with van der Waals surface area (Å²) < 4.78 is 6.37. The number of carboxylic acids is 1. The third-order valence-corrected chi connectivity index (χ3v) is 5.46. The molecule has 1 saturated heterocycles. The predicted molar refractivity (Wildman–Crippen MR) is 93.5 cm³/mol. The third-order valence-electron chi connectivity index (χ3n) is 5.46. The number of aliphatic carboxylic acids is 1. The van der Waals surface area contributed by atoms with E-state index in [0.29, 0.717) is 13.1 Å². The molecule has 5 nitrogen and oxygen atoms in total. The van der Waals surface area contributed by atoms with Crippen LogP contribution in [0.2, 0.25) is 0 Å². The van der Waals surface area contributed by atoms with Crippen molar-refractivity contribution < 1.29 is 14.6 Å². The molecule has 2 aliphatic heterocycles. The molecular formula is C20H22N2O3. The number of piperidine rings is 1. The van der Waals surface area contributed by atoms with Gasteiger partial charge >= 0.3 is 5.97 Å². The van der Waals surface area contributed by atoms with Crippen molar-refractivity contribution in [3.05, 3.63) is 59.9 Å². The second-order valence-electron chi connectivity index (χ2n) is 6.96. The van der Waals surface area contributed by atoms with Crippen molar-refractivity contribution in [1.82, 2.24) is 9.88 Å². The van der Waals surface area contributed by atoms with Crippen molar-refractivity contribution in [2.75, 3.05) is 13.1 Å². The van der Waals surface area contributed by atoms with Crippen LogP contribution in [0.4, 0.5) is 0 Å². The van der Waals surface area contributed by atoms with E-state index in [9.17, 15) is 9.90 Å². The lowest BCUT2D eigenvalue weighted by atomic mass is 9.82. The molecule has 3 heterocycles. The van der Waals surface area contributed by atoms with Gasteiger partial charge in [-0.15, -0.1) is 0 Å². The van der Waals surface area contributed by atoms with Gasteiger partial charge in [-0.25, -0.2) is 0 Å². The third kappa shape index (κ3) is 3.12. The van der Waals surface area contributed by atoms with E-state index in [-0.39, 0.29) is 5.60 Å². The minimum atomic E-state index is -0.821. The molecule has 5 heteroatoms. The van der Waals surface area contributed by atoms with Crippen LogP contribution in [-0.2, 0) is 11.2 Å². The number of likely N-dealkylation sites (tertiary alicyclic amines) is 1. The summed E-state index contributed by atoms with van der Waals surface area (Å²) in [4.78, 5) is 17.9. The summed E-state index contributed by atoms with van der Waals surface area (Å²) in [6, 6.07) is 11.2. The number of aryl methyl sites for hydroxylation is 1. The van der Waals surface area contributed by atoms with Crippen molar-refractivity contribution in [3.63, 3.8) is 0 Å². The number of ether oxygens (including phenoxy) is 1. The lowest BCUT2D eigenvalue weighted by Crippen LogP contribution is -2.51. The SMILES string of the molecule is O=C(O)C(c1cccnc1)N1CCC2(CCc3ccccc3O2)CC1. The molecule has 0 radical (unpaired) electrons. The maximum Gasteiger partial charge on any atom is 0.325 e. The van der Waals surface area contributed by atoms with Gasteiger partial charge in [0.1, 0.15) is 17.4 Å². The summed E-state index contributed by atoms with van der Waals surface area (Å²) in [6.45, 7) is 1.43. The number of carbonyl (C=O) groups is 1. The van der Waals surface area contributed by atoms with Gasteiger partial charge in [0.15, 0.2) is 0 Å². The summed E-state index contributed by atoms with van der Waals surface area (Å²) in [7, 11) is 0. The summed E-state index contributed by atoms with van der Waals surface area (Å²) in [6.07, 6.45) is 7.05. The van der Waals surface area contributed by atoms with Gasteiger partial charge in [0.05, 0.1) is 0 Å². The molecule has 0 amide bonds. The number of nitrogens with zero attached hydrogens (tertiary/aromatic N) is 2. The molecule has 2 aliphatic rings. The van der Waals surface area contributed by atoms with Gasteiger partial charge in [-0.05, 0) is 48.9 Å². The Morgan fingerprint density at radius 1 is 1.16 bits per heavy atom. The van der Waals surface area contributed by atoms with Crippen LogP contribution >= 0.6 is 0 Å². The molecule has 4 rings (SSSR count). The smallest absolute Gasteiger partial charge is 0.325 e. The van der Waals surface area contributed by atoms with E-state index in [1.807, 2.05) is 29.2 Å². The van der Waals surface area contributed by atoms with Crippen LogP contribution in [0, 0.1) is 0 Å². The zero-order valence-electron chi connectivity index (χ0n) is 14.1. The highest BCUT2D eigenvalue weighted by atomic mass is 16.5. The van der Waals surface area contributed by atoms with E-state index in [1.165, 1.54) is 5.56 Å². The highest BCUT2D eigenvalue weighted by Gasteiger charge is 2.42. The first kappa shape index (κ1) is 16.1. The Hall–Kier alpha value is -2.40. The quantitative estimate of drug-likeness (QED) is 0.932. The van der Waals surface area contributed by atoms with Crippen LogP contribution in [0.3, 0.4) is 0 Å². The number of rotatable bonds is 3. The van der Waals surface area contributed by atoms with Gasteiger partial charge in [-0.3, -0.25) is 14.7 Å². The molecule has 1 spiro atoms. The molecule has 1 fully saturated rings. The Kier molecular flexibility index (Phi) is 4.17. The molecule has 2 aromatic rings. The molecule has 1 atom stereocenters. The number of carboxylic acid groups (broad SMARTS) is 1. The molecule has 130 valence electrons. The molecule has 1 aromatic heterocycles. The second kappa shape index (κ2) is 6.48. The minimum absolute atomic E-state index is 0.150. The van der Waals surface area contributed by atoms with Gasteiger partial charge in [0, 0.05) is 25.5 Å². The van der Waals surface area contributed by atoms with Gasteiger partial charge in [0.2, 0.25) is 0 Å². The molecule has 1 aromatic carbocycles. The number of para-hydroxylation sites is 1. The van der Waals surface area contributed by atoms with E-state index >= 15 is 0 Å². The monoisotopic (exact) mass is 338 g/mol. The fourth-order valence-electron chi connectivity index (χ4n) is 4.05. The topological polar surface area (TPSA) is 62.7 Å². The number of fused-ring (bicyclic) bond motifs is 1. The fraction of sp³-hybridized carbons (Fsp3) is 0.400. The summed E-state index contributed by atoms with van der Waals surface area (Å²) >= 11 is 0. The van der Waals surface area contributed by atoms with E-state index in [4.69, 9.17) is 4.74 Å². The predicted octanol–water partition coefficient (Wildman–Crippen LogP) is 3.07. The zero-order valence-corrected chi connectivity index (χ0v) is 14.1. The Bertz CT molecular complexity index is 755. The van der Waals surface area contributed by atoms with Crippen molar-refractivity contribution in [2.24, 2.45) is 0 Å². The Morgan fingerprint density at radius 2 is 1.96 bits per heavy atom. The highest BCUT2D eigenvalue weighted by Crippen LogP contribution is 2.40. The average molecular weight is 338 g/mol. The van der Waals surface area contributed by atoms with E-state index in [0.717, 1.165) is 37.0 Å². The molecule has 25 heavy (non-hydrogen) atoms. The summed E-state index contributed by atoms with van der Waals surface area (Å²) in [5.41, 5.74) is 1.86. The van der Waals surface area contributed by atoms with Crippen LogP contribution in [0.5, 0.6) is 5.75 Å². The summed E-state index contributed by atoms with van der Waals surface area (Å²) in [5, 5.41) is 9.71. The van der Waals surface area contributed by atoms with Crippen LogP contribution in [0.25, 0.3) is 0 Å². The first-order valence-corrected chi connectivity index (χ1v) is 8.81. The van der Waals surface area contributed by atoms with Crippen molar-refractivity contribution in [3.8, 4) is 5.75 Å². The number of benzene rings is 1. The van der Waals surface area contributed by atoms with Gasteiger partial charge < -0.3 is 9.84 Å². The molecular weight excluding hydrogens is 316 g/mol. The molecule has 1 unspecified atom stereocenters. The Morgan fingerprint density at radius 3 is 2.68 bits per heavy atom. The van der Waals surface area contributed by atoms with E-state index in [2.05, 4.69) is 11.1 Å². The number of pyridine rings is 1. The van der Waals surface area contributed by atoms with Crippen molar-refractivity contribution in [2.45, 2.75) is 37.3 Å². The molecule has 0 aliphatic carbocycles. The standard InChI is InChI=1S/C20H22N2O3/c23-19(24)18(16-5-3-11-21-14-16)22-12-9-20(10-13-22)8-7-15-4-1-2-6-17(15)25-20/h1-6,11,14,18H,7-10,12-13H2,(H,23,24). The summed E-state index contributed by atoms with van der Waals surface area (Å²) in [5.74, 6) is 0.170. The maximum absolute atomic E-state index is 11.8. The average Bonchev–Trinajstić information content (AvgIpc) is 2.64. The molecule has 1 N–H and O–H groups in total. The first-order chi connectivity index (χ1) is 12.2. The van der Waals surface area contributed by atoms with Crippen LogP contribution in [-0.4, -0.2) is 39.7 Å². The van der Waals surface area contributed by atoms with Crippen LogP contribution in [0.1, 0.15) is 36.4 Å². The molecule has 0 saturated carbocycles. The Balaban J connectivity index is 1.49. The first-order valence-electron chi connectivity index (χ1n) is 8.81. The number of aromatic nitrogens is 1. The second-order valence-corrected chi connectivity index (χ2v) is 6.96. The fourth-order valence-corrected chi connectivity index (χ4v) is 4.05. The van der Waals surface area contributed by atoms with Gasteiger partial charge in [-0.2, -0.15) is 0 Å². The number of hydrogen-bond acceptors (Lipinski definition) is 4.